The third-order valence-corrected chi connectivity index (χ3v) is 2.01. The summed E-state index contributed by atoms with van der Waals surface area (Å²) in [5.74, 6) is 0.882. The number of hydrogen-bond donors (Lipinski definition) is 2. The Labute approximate surface area is 85.3 Å². The van der Waals surface area contributed by atoms with E-state index in [0.717, 1.165) is 23.5 Å². The Hall–Kier alpha value is -1.22. The van der Waals surface area contributed by atoms with Gasteiger partial charge in [0.2, 0.25) is 0 Å². The van der Waals surface area contributed by atoms with Crippen LogP contribution in [-0.2, 0) is 6.54 Å². The molecule has 0 saturated heterocycles. The normalized spacial score (nSPS) is 10.6. The zero-order valence-electron chi connectivity index (χ0n) is 9.00. The SMILES string of the molecule is COc1ccc(N)cc1CNC(C)C. The molecule has 0 aliphatic heterocycles. The number of methoxy groups -OCH3 is 1. The van der Waals surface area contributed by atoms with Gasteiger partial charge in [-0.05, 0) is 18.2 Å². The van der Waals surface area contributed by atoms with E-state index in [0.29, 0.717) is 6.04 Å². The third-order valence-electron chi connectivity index (χ3n) is 2.01. The molecule has 0 fully saturated rings. The highest BCUT2D eigenvalue weighted by Crippen LogP contribution is 2.20. The second-order valence-corrected chi connectivity index (χ2v) is 3.61. The quantitative estimate of drug-likeness (QED) is 0.718. The maximum absolute atomic E-state index is 5.71. The molecule has 78 valence electrons. The van der Waals surface area contributed by atoms with Crippen LogP contribution < -0.4 is 15.8 Å². The van der Waals surface area contributed by atoms with Gasteiger partial charge in [-0.15, -0.1) is 0 Å². The second-order valence-electron chi connectivity index (χ2n) is 3.61. The fourth-order valence-electron chi connectivity index (χ4n) is 1.25. The van der Waals surface area contributed by atoms with Gasteiger partial charge in [0.1, 0.15) is 5.75 Å². The van der Waals surface area contributed by atoms with Gasteiger partial charge in [-0.3, -0.25) is 0 Å². The molecule has 3 nitrogen and oxygen atoms in total. The first-order chi connectivity index (χ1) is 6.63. The van der Waals surface area contributed by atoms with Crippen LogP contribution in [0.25, 0.3) is 0 Å². The summed E-state index contributed by atoms with van der Waals surface area (Å²) in [5.41, 5.74) is 7.57. The molecule has 0 unspecified atom stereocenters. The smallest absolute Gasteiger partial charge is 0.123 e. The van der Waals surface area contributed by atoms with Gasteiger partial charge in [-0.25, -0.2) is 0 Å². The van der Waals surface area contributed by atoms with Gasteiger partial charge >= 0.3 is 0 Å². The minimum atomic E-state index is 0.459. The molecule has 14 heavy (non-hydrogen) atoms. The summed E-state index contributed by atoms with van der Waals surface area (Å²) in [7, 11) is 1.67. The average molecular weight is 194 g/mol. The Morgan fingerprint density at radius 1 is 1.43 bits per heavy atom. The van der Waals surface area contributed by atoms with Crippen LogP contribution in [0.15, 0.2) is 18.2 Å². The summed E-state index contributed by atoms with van der Waals surface area (Å²) in [4.78, 5) is 0. The van der Waals surface area contributed by atoms with Crippen LogP contribution in [0.5, 0.6) is 5.75 Å². The minimum Gasteiger partial charge on any atom is -0.496 e. The van der Waals surface area contributed by atoms with Crippen molar-refractivity contribution in [2.24, 2.45) is 0 Å². The van der Waals surface area contributed by atoms with E-state index in [1.54, 1.807) is 7.11 Å². The van der Waals surface area contributed by atoms with Gasteiger partial charge in [0.25, 0.3) is 0 Å². The van der Waals surface area contributed by atoms with Crippen molar-refractivity contribution in [1.29, 1.82) is 0 Å². The van der Waals surface area contributed by atoms with E-state index in [9.17, 15) is 0 Å². The molecule has 3 N–H and O–H groups in total. The minimum absolute atomic E-state index is 0.459. The molecular formula is C11H18N2O. The van der Waals surface area contributed by atoms with Crippen LogP contribution in [0.1, 0.15) is 19.4 Å². The number of anilines is 1. The molecule has 0 atom stereocenters. The van der Waals surface area contributed by atoms with Crippen molar-refractivity contribution in [2.45, 2.75) is 26.4 Å². The lowest BCUT2D eigenvalue weighted by molar-refractivity contribution is 0.406. The predicted molar refractivity (Wildman–Crippen MR) is 59.4 cm³/mol. The largest absolute Gasteiger partial charge is 0.496 e. The van der Waals surface area contributed by atoms with Gasteiger partial charge in [-0.2, -0.15) is 0 Å². The number of nitrogens with two attached hydrogens (primary N) is 1. The van der Waals surface area contributed by atoms with Gasteiger partial charge in [0, 0.05) is 23.8 Å². The van der Waals surface area contributed by atoms with Gasteiger partial charge in [0.05, 0.1) is 7.11 Å². The highest BCUT2D eigenvalue weighted by Gasteiger charge is 2.03. The number of benzene rings is 1. The molecule has 3 heteroatoms. The van der Waals surface area contributed by atoms with E-state index in [1.165, 1.54) is 0 Å². The topological polar surface area (TPSA) is 47.3 Å². The van der Waals surface area contributed by atoms with Gasteiger partial charge < -0.3 is 15.8 Å². The highest BCUT2D eigenvalue weighted by atomic mass is 16.5. The first-order valence-corrected chi connectivity index (χ1v) is 4.79. The molecule has 0 radical (unpaired) electrons. The van der Waals surface area contributed by atoms with Crippen molar-refractivity contribution in [3.63, 3.8) is 0 Å². The lowest BCUT2D eigenvalue weighted by Gasteiger charge is -2.12. The molecule has 1 rings (SSSR count). The van der Waals surface area contributed by atoms with E-state index in [2.05, 4.69) is 19.2 Å². The van der Waals surface area contributed by atoms with Crippen LogP contribution >= 0.6 is 0 Å². The summed E-state index contributed by atoms with van der Waals surface area (Å²) in [5, 5.41) is 3.33. The zero-order chi connectivity index (χ0) is 10.6. The Bertz CT molecular complexity index is 297. The Morgan fingerprint density at radius 3 is 2.71 bits per heavy atom. The zero-order valence-corrected chi connectivity index (χ0v) is 9.00. The standard InChI is InChI=1S/C11H18N2O/c1-8(2)13-7-9-6-10(12)4-5-11(9)14-3/h4-6,8,13H,7,12H2,1-3H3. The van der Waals surface area contributed by atoms with Crippen molar-refractivity contribution in [3.8, 4) is 5.75 Å². The number of nitrogens with one attached hydrogen (secondary N) is 1. The monoisotopic (exact) mass is 194 g/mol. The summed E-state index contributed by atoms with van der Waals surface area (Å²) >= 11 is 0. The average Bonchev–Trinajstić information content (AvgIpc) is 2.15. The van der Waals surface area contributed by atoms with E-state index >= 15 is 0 Å². The number of rotatable bonds is 4. The molecule has 0 aliphatic rings. The predicted octanol–water partition coefficient (Wildman–Crippen LogP) is 1.78. The summed E-state index contributed by atoms with van der Waals surface area (Å²) in [6.45, 7) is 5.00. The molecule has 0 amide bonds. The molecule has 0 bridgehead atoms. The molecule has 0 aromatic heterocycles. The fraction of sp³-hybridized carbons (Fsp3) is 0.455. The van der Waals surface area contributed by atoms with E-state index in [4.69, 9.17) is 10.5 Å². The number of nitrogen functional groups attached to an aromatic ring is 1. The summed E-state index contributed by atoms with van der Waals surface area (Å²) in [6, 6.07) is 6.14. The van der Waals surface area contributed by atoms with Crippen LogP contribution in [0.3, 0.4) is 0 Å². The Kier molecular flexibility index (Phi) is 3.77. The first-order valence-electron chi connectivity index (χ1n) is 4.79. The maximum atomic E-state index is 5.71. The molecule has 0 aliphatic carbocycles. The third kappa shape index (κ3) is 2.92. The Morgan fingerprint density at radius 2 is 2.14 bits per heavy atom. The number of hydrogen-bond acceptors (Lipinski definition) is 3. The maximum Gasteiger partial charge on any atom is 0.123 e. The fourth-order valence-corrected chi connectivity index (χ4v) is 1.25. The van der Waals surface area contributed by atoms with Crippen molar-refractivity contribution in [3.05, 3.63) is 23.8 Å². The van der Waals surface area contributed by atoms with E-state index in [1.807, 2.05) is 18.2 Å². The molecule has 1 aromatic carbocycles. The van der Waals surface area contributed by atoms with Crippen LogP contribution in [0.4, 0.5) is 5.69 Å². The molecule has 1 aromatic rings. The van der Waals surface area contributed by atoms with Crippen LogP contribution in [0, 0.1) is 0 Å². The van der Waals surface area contributed by atoms with Crippen molar-refractivity contribution < 1.29 is 4.74 Å². The lowest BCUT2D eigenvalue weighted by Crippen LogP contribution is -2.22. The summed E-state index contributed by atoms with van der Waals surface area (Å²) < 4.78 is 5.24. The second kappa shape index (κ2) is 4.86. The highest BCUT2D eigenvalue weighted by molar-refractivity contribution is 5.47. The Balaban J connectivity index is 2.77. The molecule has 0 saturated carbocycles. The molecule has 0 spiro atoms. The van der Waals surface area contributed by atoms with Crippen LogP contribution in [-0.4, -0.2) is 13.2 Å². The molecular weight excluding hydrogens is 176 g/mol. The van der Waals surface area contributed by atoms with Crippen LogP contribution in [0.2, 0.25) is 0 Å². The summed E-state index contributed by atoms with van der Waals surface area (Å²) in [6.07, 6.45) is 0. The van der Waals surface area contributed by atoms with Gasteiger partial charge in [-0.1, -0.05) is 13.8 Å². The molecule has 0 heterocycles. The van der Waals surface area contributed by atoms with Crippen molar-refractivity contribution in [1.82, 2.24) is 5.32 Å². The van der Waals surface area contributed by atoms with E-state index in [-0.39, 0.29) is 0 Å². The lowest BCUT2D eigenvalue weighted by atomic mass is 10.1. The van der Waals surface area contributed by atoms with Crippen molar-refractivity contribution in [2.75, 3.05) is 12.8 Å². The van der Waals surface area contributed by atoms with Gasteiger partial charge in [0.15, 0.2) is 0 Å². The first kappa shape index (κ1) is 10.9. The number of ether oxygens (including phenoxy) is 1. The van der Waals surface area contributed by atoms with E-state index < -0.39 is 0 Å². The van der Waals surface area contributed by atoms with Crippen molar-refractivity contribution >= 4 is 5.69 Å².